The topological polar surface area (TPSA) is 127 Å². The second kappa shape index (κ2) is 11.2. The number of phenolic OH excluding ortho intramolecular Hbond substituents is 1. The van der Waals surface area contributed by atoms with Crippen LogP contribution >= 0.6 is 31.9 Å². The number of Topliss-reactive ketones (excluding diaryl/α,β-unsaturated/α-hetero) is 1. The number of rotatable bonds is 4. The van der Waals surface area contributed by atoms with Crippen molar-refractivity contribution >= 4 is 72.0 Å². The highest BCUT2D eigenvalue weighted by atomic mass is 79.9. The summed E-state index contributed by atoms with van der Waals surface area (Å²) in [6.07, 6.45) is 3.76. The van der Waals surface area contributed by atoms with Gasteiger partial charge < -0.3 is 14.3 Å². The SMILES string of the molecule is COc1cc([C@H]2C3=CC[C@@H]4C(=O)N(c5ccc(-c6nc7ccccc7o6)cc5)C(=O)[C@@H]4[C@@H]3CC3=C2C(=O)C=C(C)C3=O)c(Br)c(Br)c1O. The second-order valence-corrected chi connectivity index (χ2v) is 14.0. The number of amides is 2. The summed E-state index contributed by atoms with van der Waals surface area (Å²) < 4.78 is 12.2. The van der Waals surface area contributed by atoms with Crippen molar-refractivity contribution in [3.63, 3.8) is 0 Å². The van der Waals surface area contributed by atoms with Gasteiger partial charge in [0.05, 0.1) is 29.1 Å². The summed E-state index contributed by atoms with van der Waals surface area (Å²) in [5, 5.41) is 10.7. The maximum Gasteiger partial charge on any atom is 0.238 e. The Hall–Kier alpha value is -4.61. The molecule has 2 amide bonds. The minimum absolute atomic E-state index is 0.122. The molecule has 4 aromatic rings. The Morgan fingerprint density at radius 3 is 2.46 bits per heavy atom. The molecular formula is C37H26Br2N2O7. The molecule has 0 radical (unpaired) electrons. The number of methoxy groups -OCH3 is 1. The highest BCUT2D eigenvalue weighted by Gasteiger charge is 2.57. The van der Waals surface area contributed by atoms with Gasteiger partial charge in [-0.05, 0) is 112 Å². The number of halogens is 2. The third-order valence-electron chi connectivity index (χ3n) is 9.93. The van der Waals surface area contributed by atoms with Crippen molar-refractivity contribution in [2.24, 2.45) is 17.8 Å². The zero-order valence-electron chi connectivity index (χ0n) is 25.6. The van der Waals surface area contributed by atoms with Crippen LogP contribution in [0.5, 0.6) is 11.5 Å². The molecule has 9 nitrogen and oxygen atoms in total. The number of allylic oxidation sites excluding steroid dienone is 6. The number of imide groups is 1. The fraction of sp³-hybridized carbons (Fsp3) is 0.216. The van der Waals surface area contributed by atoms with Crippen LogP contribution < -0.4 is 9.64 Å². The van der Waals surface area contributed by atoms with E-state index in [1.165, 1.54) is 18.1 Å². The lowest BCUT2D eigenvalue weighted by atomic mass is 9.59. The molecule has 1 N–H and O–H groups in total. The van der Waals surface area contributed by atoms with Crippen molar-refractivity contribution in [3.05, 3.63) is 104 Å². The predicted molar refractivity (Wildman–Crippen MR) is 183 cm³/mol. The number of fused-ring (bicyclic) bond motifs is 4. The first kappa shape index (κ1) is 30.7. The molecule has 4 atom stereocenters. The lowest BCUT2D eigenvalue weighted by Gasteiger charge is -2.42. The molecule has 0 unspecified atom stereocenters. The zero-order valence-corrected chi connectivity index (χ0v) is 28.8. The molecule has 3 aliphatic carbocycles. The number of oxazole rings is 1. The first-order chi connectivity index (χ1) is 23.1. The first-order valence-corrected chi connectivity index (χ1v) is 17.0. The molecule has 0 bridgehead atoms. The molecule has 2 heterocycles. The van der Waals surface area contributed by atoms with Gasteiger partial charge in [0.2, 0.25) is 17.7 Å². The van der Waals surface area contributed by atoms with Gasteiger partial charge in [-0.1, -0.05) is 23.8 Å². The number of carbonyl (C=O) groups is 4. The summed E-state index contributed by atoms with van der Waals surface area (Å²) in [6.45, 7) is 1.61. The van der Waals surface area contributed by atoms with Crippen molar-refractivity contribution in [3.8, 4) is 23.0 Å². The van der Waals surface area contributed by atoms with Gasteiger partial charge in [-0.25, -0.2) is 4.98 Å². The lowest BCUT2D eigenvalue weighted by Crippen LogP contribution is -2.40. The standard InChI is InChI=1S/C37H26Br2N2O7/c1-16-13-25(42)30-23(33(16)43)14-21-19(28(30)22-15-27(47-2)34(44)32(39)31(22)38)11-12-20-29(21)37(46)41(36(20)45)18-9-7-17(8-10-18)35-40-24-5-3-4-6-26(24)48-35/h3-11,13,15,20-21,28-29,44H,12,14H2,1-2H3/t20-,21+,28+,29-/m0/s1. The van der Waals surface area contributed by atoms with Gasteiger partial charge in [0.25, 0.3) is 0 Å². The summed E-state index contributed by atoms with van der Waals surface area (Å²) in [5.41, 5.74) is 4.93. The van der Waals surface area contributed by atoms with Crippen molar-refractivity contribution in [2.75, 3.05) is 12.0 Å². The fourth-order valence-corrected chi connectivity index (χ4v) is 8.67. The molecule has 1 aliphatic heterocycles. The minimum Gasteiger partial charge on any atom is -0.503 e. The summed E-state index contributed by atoms with van der Waals surface area (Å²) in [7, 11) is 1.43. The number of hydrogen-bond donors (Lipinski definition) is 1. The van der Waals surface area contributed by atoms with E-state index < -0.39 is 23.7 Å². The van der Waals surface area contributed by atoms with E-state index in [1.807, 2.05) is 30.3 Å². The van der Waals surface area contributed by atoms with Gasteiger partial charge in [0.1, 0.15) is 5.52 Å². The highest BCUT2D eigenvalue weighted by Crippen LogP contribution is 2.57. The van der Waals surface area contributed by atoms with E-state index in [0.29, 0.717) is 60.4 Å². The molecule has 48 heavy (non-hydrogen) atoms. The number of nitrogens with zero attached hydrogens (tertiary/aromatic N) is 2. The minimum atomic E-state index is -0.735. The van der Waals surface area contributed by atoms with E-state index in [-0.39, 0.29) is 41.3 Å². The monoisotopic (exact) mass is 768 g/mol. The Bertz CT molecular complexity index is 2200. The van der Waals surface area contributed by atoms with E-state index in [1.54, 1.807) is 37.3 Å². The third-order valence-corrected chi connectivity index (χ3v) is 12.1. The average molecular weight is 770 g/mol. The van der Waals surface area contributed by atoms with Crippen LogP contribution in [0.4, 0.5) is 5.69 Å². The van der Waals surface area contributed by atoms with Crippen molar-refractivity contribution in [2.45, 2.75) is 25.7 Å². The van der Waals surface area contributed by atoms with Crippen LogP contribution in [0.15, 0.2) is 102 Å². The molecule has 11 heteroatoms. The molecule has 240 valence electrons. The Balaban J connectivity index is 1.19. The number of ketones is 2. The molecule has 4 aliphatic rings. The van der Waals surface area contributed by atoms with Gasteiger partial charge >= 0.3 is 0 Å². The van der Waals surface area contributed by atoms with Crippen LogP contribution in [0.25, 0.3) is 22.6 Å². The van der Waals surface area contributed by atoms with E-state index in [4.69, 9.17) is 9.15 Å². The van der Waals surface area contributed by atoms with Gasteiger partial charge in [-0.3, -0.25) is 24.1 Å². The van der Waals surface area contributed by atoms with Gasteiger partial charge in [-0.2, -0.15) is 0 Å². The Morgan fingerprint density at radius 2 is 1.73 bits per heavy atom. The van der Waals surface area contributed by atoms with Crippen LogP contribution in [0.1, 0.15) is 31.2 Å². The first-order valence-electron chi connectivity index (χ1n) is 15.4. The summed E-state index contributed by atoms with van der Waals surface area (Å²) in [4.78, 5) is 61.4. The number of aromatic hydroxyl groups is 1. The highest BCUT2D eigenvalue weighted by molar-refractivity contribution is 9.13. The van der Waals surface area contributed by atoms with Gasteiger partial charge in [0, 0.05) is 32.7 Å². The molecule has 0 spiro atoms. The Kier molecular flexibility index (Phi) is 7.19. The molecule has 8 rings (SSSR count). The van der Waals surface area contributed by atoms with Crippen LogP contribution in [-0.2, 0) is 19.2 Å². The lowest BCUT2D eigenvalue weighted by molar-refractivity contribution is -0.123. The van der Waals surface area contributed by atoms with Crippen molar-refractivity contribution in [1.82, 2.24) is 4.98 Å². The smallest absolute Gasteiger partial charge is 0.238 e. The largest absolute Gasteiger partial charge is 0.503 e. The Morgan fingerprint density at radius 1 is 0.979 bits per heavy atom. The van der Waals surface area contributed by atoms with Crippen LogP contribution in [-0.4, -0.2) is 40.6 Å². The van der Waals surface area contributed by atoms with Crippen molar-refractivity contribution in [1.29, 1.82) is 0 Å². The fourth-order valence-electron chi connectivity index (χ4n) is 7.72. The maximum atomic E-state index is 14.4. The molecule has 0 saturated carbocycles. The second-order valence-electron chi connectivity index (χ2n) is 12.4. The van der Waals surface area contributed by atoms with E-state index in [0.717, 1.165) is 11.1 Å². The number of ether oxygens (including phenoxy) is 1. The van der Waals surface area contributed by atoms with Gasteiger partial charge in [0.15, 0.2) is 28.6 Å². The van der Waals surface area contributed by atoms with Crippen LogP contribution in [0, 0.1) is 17.8 Å². The quantitative estimate of drug-likeness (QED) is 0.130. The number of hydrogen-bond acceptors (Lipinski definition) is 8. The third kappa shape index (κ3) is 4.43. The van der Waals surface area contributed by atoms with E-state index >= 15 is 0 Å². The zero-order chi connectivity index (χ0) is 33.6. The number of anilines is 1. The van der Waals surface area contributed by atoms with Crippen LogP contribution in [0.2, 0.25) is 0 Å². The number of para-hydroxylation sites is 2. The predicted octanol–water partition coefficient (Wildman–Crippen LogP) is 7.37. The summed E-state index contributed by atoms with van der Waals surface area (Å²) in [6, 6.07) is 16.1. The summed E-state index contributed by atoms with van der Waals surface area (Å²) in [5.74, 6) is -3.27. The van der Waals surface area contributed by atoms with E-state index in [2.05, 4.69) is 36.8 Å². The molecular weight excluding hydrogens is 744 g/mol. The normalized spacial score (nSPS) is 23.6. The van der Waals surface area contributed by atoms with Gasteiger partial charge in [-0.15, -0.1) is 0 Å². The van der Waals surface area contributed by atoms with E-state index in [9.17, 15) is 24.3 Å². The Labute approximate surface area is 291 Å². The molecule has 1 saturated heterocycles. The number of aromatic nitrogens is 1. The van der Waals surface area contributed by atoms with Crippen LogP contribution in [0.3, 0.4) is 0 Å². The maximum absolute atomic E-state index is 14.4. The molecule has 1 aromatic heterocycles. The molecule has 1 fully saturated rings. The number of phenols is 1. The average Bonchev–Trinajstić information content (AvgIpc) is 3.64. The van der Waals surface area contributed by atoms with Crippen molar-refractivity contribution < 1.29 is 33.4 Å². The number of carbonyl (C=O) groups excluding carboxylic acids is 4. The number of benzene rings is 3. The summed E-state index contributed by atoms with van der Waals surface area (Å²) >= 11 is 7.03. The molecule has 3 aromatic carbocycles.